The number of anilines is 1. The summed E-state index contributed by atoms with van der Waals surface area (Å²) in [7, 11) is 1.71. The molecule has 0 radical (unpaired) electrons. The van der Waals surface area contributed by atoms with Gasteiger partial charge >= 0.3 is 0 Å². The Labute approximate surface area is 130 Å². The molecule has 1 N–H and O–H groups in total. The zero-order valence-electron chi connectivity index (χ0n) is 12.3. The fourth-order valence-corrected chi connectivity index (χ4v) is 3.08. The molecule has 21 heavy (non-hydrogen) atoms. The maximum atomic E-state index is 5.91. The van der Waals surface area contributed by atoms with E-state index in [2.05, 4.69) is 22.4 Å². The minimum atomic E-state index is 0.422. The number of rotatable bonds is 3. The molecule has 110 valence electrons. The number of hydrogen-bond acceptors (Lipinski definition) is 3. The van der Waals surface area contributed by atoms with Crippen LogP contribution in [0.2, 0.25) is 5.15 Å². The van der Waals surface area contributed by atoms with Gasteiger partial charge in [0.2, 0.25) is 0 Å². The Morgan fingerprint density at radius 3 is 2.86 bits per heavy atom. The Bertz CT molecular complexity index is 657. The van der Waals surface area contributed by atoms with Gasteiger partial charge in [0, 0.05) is 6.04 Å². The molecule has 3 rings (SSSR count). The van der Waals surface area contributed by atoms with Crippen LogP contribution in [-0.2, 0) is 12.8 Å². The van der Waals surface area contributed by atoms with Crippen molar-refractivity contribution in [2.75, 3.05) is 12.4 Å². The van der Waals surface area contributed by atoms with Crippen LogP contribution >= 0.6 is 11.6 Å². The first-order chi connectivity index (χ1) is 10.2. The first-order valence-corrected chi connectivity index (χ1v) is 7.59. The lowest BCUT2D eigenvalue weighted by atomic mass is 9.88. The molecule has 1 unspecified atom stereocenters. The van der Waals surface area contributed by atoms with Crippen molar-refractivity contribution < 1.29 is 4.74 Å². The van der Waals surface area contributed by atoms with E-state index in [1.807, 2.05) is 25.1 Å². The second-order valence-electron chi connectivity index (χ2n) is 5.49. The molecule has 0 amide bonds. The van der Waals surface area contributed by atoms with Gasteiger partial charge in [-0.25, -0.2) is 4.98 Å². The molecule has 4 heteroatoms. The first kappa shape index (κ1) is 14.2. The van der Waals surface area contributed by atoms with E-state index in [1.54, 1.807) is 7.11 Å². The van der Waals surface area contributed by atoms with Crippen LogP contribution < -0.4 is 10.1 Å². The monoisotopic (exact) mass is 302 g/mol. The van der Waals surface area contributed by atoms with Crippen molar-refractivity contribution in [1.82, 2.24) is 4.98 Å². The summed E-state index contributed by atoms with van der Waals surface area (Å²) in [6.07, 6.45) is 3.23. The van der Waals surface area contributed by atoms with E-state index in [1.165, 1.54) is 11.1 Å². The Hall–Kier alpha value is -1.74. The number of nitrogens with zero attached hydrogens (tertiary/aromatic N) is 1. The van der Waals surface area contributed by atoms with Crippen LogP contribution in [0.5, 0.6) is 5.75 Å². The quantitative estimate of drug-likeness (QED) is 0.870. The number of methoxy groups -OCH3 is 1. The van der Waals surface area contributed by atoms with E-state index >= 15 is 0 Å². The lowest BCUT2D eigenvalue weighted by Crippen LogP contribution is -2.27. The summed E-state index contributed by atoms with van der Waals surface area (Å²) in [5.74, 6) is 0.929. The molecule has 1 aromatic heterocycles. The van der Waals surface area contributed by atoms with Gasteiger partial charge in [0.15, 0.2) is 0 Å². The molecule has 0 saturated carbocycles. The van der Waals surface area contributed by atoms with Gasteiger partial charge < -0.3 is 10.1 Å². The molecule has 1 atom stereocenters. The number of fused-ring (bicyclic) bond motifs is 1. The highest BCUT2D eigenvalue weighted by Crippen LogP contribution is 2.28. The predicted octanol–water partition coefficient (Wildman–Crippen LogP) is 4.02. The largest absolute Gasteiger partial charge is 0.497 e. The standard InChI is InChI=1S/C17H19ClN2O/c1-11-16(7-8-17(18)19-11)20-14-5-3-12-4-6-15(21-2)10-13(12)9-14/h4,6-8,10,14,20H,3,5,9H2,1-2H3. The number of ether oxygens (including phenoxy) is 1. The highest BCUT2D eigenvalue weighted by Gasteiger charge is 2.19. The van der Waals surface area contributed by atoms with Crippen LogP contribution in [0.15, 0.2) is 30.3 Å². The molecule has 2 aromatic rings. The summed E-state index contributed by atoms with van der Waals surface area (Å²) < 4.78 is 5.32. The molecule has 0 saturated heterocycles. The van der Waals surface area contributed by atoms with Crippen molar-refractivity contribution in [3.05, 3.63) is 52.3 Å². The van der Waals surface area contributed by atoms with Crippen molar-refractivity contribution in [2.24, 2.45) is 0 Å². The lowest BCUT2D eigenvalue weighted by Gasteiger charge is -2.27. The molecule has 0 aliphatic heterocycles. The molecule has 3 nitrogen and oxygen atoms in total. The number of halogens is 1. The van der Waals surface area contributed by atoms with E-state index in [0.717, 1.165) is 36.4 Å². The molecule has 1 heterocycles. The number of nitrogens with one attached hydrogen (secondary N) is 1. The molecule has 1 aliphatic rings. The van der Waals surface area contributed by atoms with E-state index < -0.39 is 0 Å². The third kappa shape index (κ3) is 3.13. The van der Waals surface area contributed by atoms with Gasteiger partial charge in [0.1, 0.15) is 10.9 Å². The Kier molecular flexibility index (Phi) is 4.02. The van der Waals surface area contributed by atoms with Crippen LogP contribution in [0.1, 0.15) is 23.2 Å². The van der Waals surface area contributed by atoms with Gasteiger partial charge in [-0.05, 0) is 61.6 Å². The topological polar surface area (TPSA) is 34.1 Å². The third-order valence-electron chi connectivity index (χ3n) is 4.05. The lowest BCUT2D eigenvalue weighted by molar-refractivity contribution is 0.413. The van der Waals surface area contributed by atoms with E-state index in [0.29, 0.717) is 11.2 Å². The normalized spacial score (nSPS) is 17.2. The highest BCUT2D eigenvalue weighted by atomic mass is 35.5. The first-order valence-electron chi connectivity index (χ1n) is 7.21. The van der Waals surface area contributed by atoms with E-state index in [-0.39, 0.29) is 0 Å². The summed E-state index contributed by atoms with van der Waals surface area (Å²) >= 11 is 5.91. The molecule has 1 aliphatic carbocycles. The minimum absolute atomic E-state index is 0.422. The Morgan fingerprint density at radius 1 is 1.24 bits per heavy atom. The van der Waals surface area contributed by atoms with Gasteiger partial charge in [-0.2, -0.15) is 0 Å². The van der Waals surface area contributed by atoms with Gasteiger partial charge in [-0.15, -0.1) is 0 Å². The molecule has 1 aromatic carbocycles. The van der Waals surface area contributed by atoms with Crippen molar-refractivity contribution in [2.45, 2.75) is 32.2 Å². The van der Waals surface area contributed by atoms with Gasteiger partial charge in [-0.1, -0.05) is 17.7 Å². The summed E-state index contributed by atoms with van der Waals surface area (Å²) in [5, 5.41) is 4.13. The fraction of sp³-hybridized carbons (Fsp3) is 0.353. The van der Waals surface area contributed by atoms with Gasteiger partial charge in [0.05, 0.1) is 18.5 Å². The highest BCUT2D eigenvalue weighted by molar-refractivity contribution is 6.29. The zero-order chi connectivity index (χ0) is 14.8. The number of aryl methyl sites for hydroxylation is 2. The van der Waals surface area contributed by atoms with Crippen LogP contribution in [0.25, 0.3) is 0 Å². The van der Waals surface area contributed by atoms with Crippen molar-refractivity contribution in [1.29, 1.82) is 0 Å². The van der Waals surface area contributed by atoms with Crippen LogP contribution in [0.4, 0.5) is 5.69 Å². The summed E-state index contributed by atoms with van der Waals surface area (Å²) in [6, 6.07) is 10.6. The third-order valence-corrected chi connectivity index (χ3v) is 4.26. The molecule has 0 fully saturated rings. The van der Waals surface area contributed by atoms with Crippen LogP contribution in [-0.4, -0.2) is 18.1 Å². The maximum Gasteiger partial charge on any atom is 0.129 e. The smallest absolute Gasteiger partial charge is 0.129 e. The maximum absolute atomic E-state index is 5.91. The van der Waals surface area contributed by atoms with Gasteiger partial charge in [-0.3, -0.25) is 0 Å². The number of hydrogen-bond donors (Lipinski definition) is 1. The Balaban J connectivity index is 1.76. The number of benzene rings is 1. The summed E-state index contributed by atoms with van der Waals surface area (Å²) in [6.45, 7) is 1.98. The number of pyridine rings is 1. The van der Waals surface area contributed by atoms with Crippen molar-refractivity contribution >= 4 is 17.3 Å². The minimum Gasteiger partial charge on any atom is -0.497 e. The molecular weight excluding hydrogens is 284 g/mol. The fourth-order valence-electron chi connectivity index (χ4n) is 2.89. The number of aromatic nitrogens is 1. The summed E-state index contributed by atoms with van der Waals surface area (Å²) in [4.78, 5) is 4.29. The van der Waals surface area contributed by atoms with Gasteiger partial charge in [0.25, 0.3) is 0 Å². The molecule has 0 spiro atoms. The van der Waals surface area contributed by atoms with Crippen LogP contribution in [0, 0.1) is 6.92 Å². The Morgan fingerprint density at radius 2 is 2.10 bits per heavy atom. The second kappa shape index (κ2) is 5.94. The second-order valence-corrected chi connectivity index (χ2v) is 5.87. The average molecular weight is 303 g/mol. The zero-order valence-corrected chi connectivity index (χ0v) is 13.1. The predicted molar refractivity (Wildman–Crippen MR) is 86.4 cm³/mol. The molecule has 0 bridgehead atoms. The van der Waals surface area contributed by atoms with E-state index in [9.17, 15) is 0 Å². The van der Waals surface area contributed by atoms with E-state index in [4.69, 9.17) is 16.3 Å². The van der Waals surface area contributed by atoms with Crippen molar-refractivity contribution in [3.63, 3.8) is 0 Å². The van der Waals surface area contributed by atoms with Crippen LogP contribution in [0.3, 0.4) is 0 Å². The summed E-state index contributed by atoms with van der Waals surface area (Å²) in [5.41, 5.74) is 4.81. The SMILES string of the molecule is COc1ccc2c(c1)CC(Nc1ccc(Cl)nc1C)CC2. The average Bonchev–Trinajstić information content (AvgIpc) is 2.49. The molecular formula is C17H19ClN2O. The van der Waals surface area contributed by atoms with Crippen molar-refractivity contribution in [3.8, 4) is 5.75 Å².